The summed E-state index contributed by atoms with van der Waals surface area (Å²) in [5.74, 6) is -1.02. The van der Waals surface area contributed by atoms with Gasteiger partial charge < -0.3 is 14.6 Å². The van der Waals surface area contributed by atoms with Crippen LogP contribution in [0.4, 0.5) is 0 Å². The van der Waals surface area contributed by atoms with Crippen LogP contribution in [-0.4, -0.2) is 71.4 Å². The van der Waals surface area contributed by atoms with Gasteiger partial charge in [-0.15, -0.1) is 0 Å². The minimum absolute atomic E-state index is 0.261. The summed E-state index contributed by atoms with van der Waals surface area (Å²) in [5, 5.41) is 2.87. The van der Waals surface area contributed by atoms with Crippen molar-refractivity contribution in [2.45, 2.75) is 68.8 Å². The Morgan fingerprint density at radius 1 is 1.14 bits per heavy atom. The SMILES string of the molecule is O=C(NC(CC1CCCCC1)C(=O)N1CCC2C1C(=O)CN2S(=O)(=O)Cc1ccccn1)c1ccoc1. The van der Waals surface area contributed by atoms with E-state index in [1.165, 1.54) is 40.4 Å². The zero-order valence-corrected chi connectivity index (χ0v) is 21.4. The summed E-state index contributed by atoms with van der Waals surface area (Å²) in [7, 11) is -3.81. The average Bonchev–Trinajstić information content (AvgIpc) is 3.63. The predicted molar refractivity (Wildman–Crippen MR) is 134 cm³/mol. The number of hydrogen-bond acceptors (Lipinski definition) is 7. The molecule has 2 amide bonds. The number of Topliss-reactive ketones (excluding diaryl/α,β-unsaturated/α-hetero) is 1. The smallest absolute Gasteiger partial charge is 0.255 e. The van der Waals surface area contributed by atoms with E-state index in [9.17, 15) is 22.8 Å². The molecule has 3 aliphatic rings. The highest BCUT2D eigenvalue weighted by atomic mass is 32.2. The third-order valence-corrected chi connectivity index (χ3v) is 9.53. The molecular weight excluding hydrogens is 496 g/mol. The molecule has 2 aromatic rings. The molecule has 1 saturated carbocycles. The highest BCUT2D eigenvalue weighted by Crippen LogP contribution is 2.34. The van der Waals surface area contributed by atoms with Crippen LogP contribution in [0.3, 0.4) is 0 Å². The zero-order valence-electron chi connectivity index (χ0n) is 20.6. The summed E-state index contributed by atoms with van der Waals surface area (Å²) in [6.45, 7) is 0.00120. The topological polar surface area (TPSA) is 130 Å². The van der Waals surface area contributed by atoms with Gasteiger partial charge in [0.15, 0.2) is 5.78 Å². The number of rotatable bonds is 8. The molecule has 2 saturated heterocycles. The molecule has 0 spiro atoms. The largest absolute Gasteiger partial charge is 0.472 e. The molecule has 0 bridgehead atoms. The van der Waals surface area contributed by atoms with Crippen LogP contribution in [0.1, 0.15) is 61.0 Å². The first-order chi connectivity index (χ1) is 17.8. The molecule has 2 aliphatic heterocycles. The van der Waals surface area contributed by atoms with Gasteiger partial charge in [-0.25, -0.2) is 8.42 Å². The Morgan fingerprint density at radius 2 is 1.95 bits per heavy atom. The van der Waals surface area contributed by atoms with Crippen molar-refractivity contribution in [2.75, 3.05) is 13.1 Å². The number of likely N-dealkylation sites (tertiary alicyclic amines) is 1. The predicted octanol–water partition coefficient (Wildman–Crippen LogP) is 2.13. The standard InChI is InChI=1S/C26H32N4O6S/c31-23-15-30(37(34,35)17-20-8-4-5-11-27-20)22-9-12-29(24(22)23)26(33)21(14-18-6-2-1-3-7-18)28-25(32)19-10-13-36-16-19/h4-5,8,10-11,13,16,18,21-22,24H,1-3,6-7,9,12,14-15,17H2,(H,28,32). The lowest BCUT2D eigenvalue weighted by Crippen LogP contribution is -2.53. The van der Waals surface area contributed by atoms with E-state index in [4.69, 9.17) is 4.42 Å². The molecule has 3 unspecified atom stereocenters. The number of carbonyl (C=O) groups excluding carboxylic acids is 3. The number of aromatic nitrogens is 1. The van der Waals surface area contributed by atoms with E-state index in [1.54, 1.807) is 18.2 Å². The second-order valence-corrected chi connectivity index (χ2v) is 12.1. The van der Waals surface area contributed by atoms with E-state index in [1.807, 2.05) is 0 Å². The summed E-state index contributed by atoms with van der Waals surface area (Å²) < 4.78 is 32.7. The second kappa shape index (κ2) is 10.7. The number of hydrogen-bond donors (Lipinski definition) is 1. The minimum atomic E-state index is -3.81. The lowest BCUT2D eigenvalue weighted by Gasteiger charge is -2.31. The highest BCUT2D eigenvalue weighted by Gasteiger charge is 2.54. The number of furan rings is 1. The number of nitrogens with zero attached hydrogens (tertiary/aromatic N) is 3. The number of nitrogens with one attached hydrogen (secondary N) is 1. The first kappa shape index (κ1) is 25.6. The quantitative estimate of drug-likeness (QED) is 0.556. The summed E-state index contributed by atoms with van der Waals surface area (Å²) in [5.41, 5.74) is 0.725. The van der Waals surface area contributed by atoms with Crippen LogP contribution < -0.4 is 5.32 Å². The molecule has 198 valence electrons. The summed E-state index contributed by atoms with van der Waals surface area (Å²) in [4.78, 5) is 45.3. The van der Waals surface area contributed by atoms with Gasteiger partial charge in [0.05, 0.1) is 30.1 Å². The maximum Gasteiger partial charge on any atom is 0.255 e. The zero-order chi connectivity index (χ0) is 26.0. The summed E-state index contributed by atoms with van der Waals surface area (Å²) in [6, 6.07) is 4.35. The van der Waals surface area contributed by atoms with Crippen molar-refractivity contribution >= 4 is 27.6 Å². The third kappa shape index (κ3) is 5.47. The molecule has 2 aromatic heterocycles. The number of pyridine rings is 1. The van der Waals surface area contributed by atoms with Crippen molar-refractivity contribution in [3.05, 3.63) is 54.2 Å². The third-order valence-electron chi connectivity index (χ3n) is 7.75. The van der Waals surface area contributed by atoms with Gasteiger partial charge in [-0.3, -0.25) is 19.4 Å². The van der Waals surface area contributed by atoms with Gasteiger partial charge in [0.1, 0.15) is 24.1 Å². The average molecular weight is 529 g/mol. The van der Waals surface area contributed by atoms with E-state index >= 15 is 0 Å². The Kier molecular flexibility index (Phi) is 7.43. The number of fused-ring (bicyclic) bond motifs is 1. The van der Waals surface area contributed by atoms with Crippen molar-refractivity contribution in [2.24, 2.45) is 5.92 Å². The van der Waals surface area contributed by atoms with E-state index in [-0.39, 0.29) is 30.5 Å². The number of sulfonamides is 1. The van der Waals surface area contributed by atoms with Gasteiger partial charge >= 0.3 is 0 Å². The van der Waals surface area contributed by atoms with Crippen LogP contribution in [0.25, 0.3) is 0 Å². The lowest BCUT2D eigenvalue weighted by molar-refractivity contribution is -0.138. The maximum atomic E-state index is 13.8. The van der Waals surface area contributed by atoms with Crippen LogP contribution in [0, 0.1) is 5.92 Å². The van der Waals surface area contributed by atoms with Crippen LogP contribution in [-0.2, 0) is 25.4 Å². The van der Waals surface area contributed by atoms with Crippen molar-refractivity contribution in [3.8, 4) is 0 Å². The molecule has 5 rings (SSSR count). The lowest BCUT2D eigenvalue weighted by atomic mass is 9.84. The van der Waals surface area contributed by atoms with Gasteiger partial charge in [-0.1, -0.05) is 38.2 Å². The maximum absolute atomic E-state index is 13.8. The van der Waals surface area contributed by atoms with Gasteiger partial charge in [0, 0.05) is 12.7 Å². The number of carbonyl (C=O) groups is 3. The minimum Gasteiger partial charge on any atom is -0.472 e. The van der Waals surface area contributed by atoms with Gasteiger partial charge in [0.2, 0.25) is 15.9 Å². The van der Waals surface area contributed by atoms with E-state index in [0.29, 0.717) is 30.0 Å². The van der Waals surface area contributed by atoms with Crippen LogP contribution >= 0.6 is 0 Å². The fourth-order valence-corrected chi connectivity index (χ4v) is 7.62. The first-order valence-electron chi connectivity index (χ1n) is 12.9. The van der Waals surface area contributed by atoms with Crippen LogP contribution in [0.5, 0.6) is 0 Å². The molecule has 1 N–H and O–H groups in total. The molecule has 3 fully saturated rings. The van der Waals surface area contributed by atoms with Crippen molar-refractivity contribution in [1.82, 2.24) is 19.5 Å². The monoisotopic (exact) mass is 528 g/mol. The molecule has 1 aliphatic carbocycles. The molecule has 10 nitrogen and oxygen atoms in total. The molecule has 37 heavy (non-hydrogen) atoms. The Labute approximate surface area is 216 Å². The Bertz CT molecular complexity index is 1230. The Hall–Kier alpha value is -3.05. The Balaban J connectivity index is 1.33. The fraction of sp³-hybridized carbons (Fsp3) is 0.538. The van der Waals surface area contributed by atoms with E-state index in [0.717, 1.165) is 25.7 Å². The highest BCUT2D eigenvalue weighted by molar-refractivity contribution is 7.88. The summed E-state index contributed by atoms with van der Waals surface area (Å²) >= 11 is 0. The summed E-state index contributed by atoms with van der Waals surface area (Å²) in [6.07, 6.45) is 10.5. The molecular formula is C26H32N4O6S. The number of ketones is 1. The number of amides is 2. The molecule has 0 aromatic carbocycles. The molecule has 0 radical (unpaired) electrons. The molecule has 11 heteroatoms. The second-order valence-electron chi connectivity index (χ2n) is 10.2. The van der Waals surface area contributed by atoms with E-state index in [2.05, 4.69) is 10.3 Å². The molecule has 4 heterocycles. The Morgan fingerprint density at radius 3 is 2.65 bits per heavy atom. The van der Waals surface area contributed by atoms with Crippen LogP contribution in [0.15, 0.2) is 47.4 Å². The van der Waals surface area contributed by atoms with Gasteiger partial charge in [-0.2, -0.15) is 4.31 Å². The van der Waals surface area contributed by atoms with Crippen LogP contribution in [0.2, 0.25) is 0 Å². The van der Waals surface area contributed by atoms with Crippen molar-refractivity contribution in [3.63, 3.8) is 0 Å². The van der Waals surface area contributed by atoms with Gasteiger partial charge in [-0.05, 0) is 37.0 Å². The van der Waals surface area contributed by atoms with Gasteiger partial charge in [0.25, 0.3) is 5.91 Å². The van der Waals surface area contributed by atoms with E-state index < -0.39 is 34.1 Å². The normalized spacial score (nSPS) is 23.7. The van der Waals surface area contributed by atoms with Crippen molar-refractivity contribution in [1.29, 1.82) is 0 Å². The van der Waals surface area contributed by atoms with Crippen molar-refractivity contribution < 1.29 is 27.2 Å². The fourth-order valence-electron chi connectivity index (χ4n) is 5.95. The molecule has 3 atom stereocenters. The first-order valence-corrected chi connectivity index (χ1v) is 14.5.